The SMILES string of the molecule is CCS(=O)(=O)N(C)c1cccc(C)c1. The first kappa shape index (κ1) is 11.0. The second-order valence-electron chi connectivity index (χ2n) is 3.21. The van der Waals surface area contributed by atoms with Crippen molar-refractivity contribution in [3.8, 4) is 0 Å². The Kier molecular flexibility index (Phi) is 3.16. The van der Waals surface area contributed by atoms with Crippen molar-refractivity contribution in [3.63, 3.8) is 0 Å². The van der Waals surface area contributed by atoms with E-state index in [1.165, 1.54) is 4.31 Å². The van der Waals surface area contributed by atoms with Crippen LogP contribution in [-0.4, -0.2) is 21.2 Å². The molecule has 0 radical (unpaired) electrons. The molecule has 0 bridgehead atoms. The molecule has 0 fully saturated rings. The zero-order valence-electron chi connectivity index (χ0n) is 8.69. The highest BCUT2D eigenvalue weighted by atomic mass is 32.2. The van der Waals surface area contributed by atoms with Crippen LogP contribution in [0.2, 0.25) is 0 Å². The number of sulfonamides is 1. The van der Waals surface area contributed by atoms with Gasteiger partial charge in [-0.15, -0.1) is 0 Å². The second-order valence-corrected chi connectivity index (χ2v) is 5.50. The lowest BCUT2D eigenvalue weighted by Crippen LogP contribution is -2.27. The minimum Gasteiger partial charge on any atom is -0.273 e. The molecule has 0 heterocycles. The van der Waals surface area contributed by atoms with Gasteiger partial charge in [0.05, 0.1) is 11.4 Å². The summed E-state index contributed by atoms with van der Waals surface area (Å²) in [4.78, 5) is 0. The van der Waals surface area contributed by atoms with E-state index in [4.69, 9.17) is 0 Å². The Labute approximate surface area is 85.4 Å². The van der Waals surface area contributed by atoms with Crippen molar-refractivity contribution in [1.82, 2.24) is 0 Å². The second kappa shape index (κ2) is 4.00. The summed E-state index contributed by atoms with van der Waals surface area (Å²) >= 11 is 0. The first-order chi connectivity index (χ1) is 6.47. The van der Waals surface area contributed by atoms with Crippen LogP contribution < -0.4 is 4.31 Å². The highest BCUT2D eigenvalue weighted by Gasteiger charge is 2.15. The van der Waals surface area contributed by atoms with Gasteiger partial charge in [-0.25, -0.2) is 8.42 Å². The minimum atomic E-state index is -3.13. The van der Waals surface area contributed by atoms with Gasteiger partial charge in [0.25, 0.3) is 0 Å². The van der Waals surface area contributed by atoms with Crippen LogP contribution in [0.4, 0.5) is 5.69 Å². The van der Waals surface area contributed by atoms with Gasteiger partial charge in [-0.1, -0.05) is 12.1 Å². The van der Waals surface area contributed by atoms with Crippen LogP contribution in [0, 0.1) is 6.92 Å². The van der Waals surface area contributed by atoms with Crippen LogP contribution in [0.5, 0.6) is 0 Å². The van der Waals surface area contributed by atoms with Gasteiger partial charge in [-0.05, 0) is 31.5 Å². The number of nitrogens with zero attached hydrogens (tertiary/aromatic N) is 1. The van der Waals surface area contributed by atoms with Gasteiger partial charge in [0.15, 0.2) is 0 Å². The molecular weight excluding hydrogens is 198 g/mol. The average molecular weight is 213 g/mol. The lowest BCUT2D eigenvalue weighted by molar-refractivity contribution is 0.595. The average Bonchev–Trinajstić information content (AvgIpc) is 2.16. The summed E-state index contributed by atoms with van der Waals surface area (Å²) in [7, 11) is -1.56. The Hall–Kier alpha value is -1.03. The molecular formula is C10H15NO2S. The fourth-order valence-corrected chi connectivity index (χ4v) is 2.00. The largest absolute Gasteiger partial charge is 0.273 e. The molecule has 0 saturated heterocycles. The minimum absolute atomic E-state index is 0.122. The maximum atomic E-state index is 11.5. The third kappa shape index (κ3) is 2.26. The molecule has 0 amide bonds. The van der Waals surface area contributed by atoms with E-state index in [1.807, 2.05) is 25.1 Å². The predicted molar refractivity (Wildman–Crippen MR) is 59.0 cm³/mol. The molecule has 0 aromatic heterocycles. The molecule has 0 aliphatic heterocycles. The van der Waals surface area contributed by atoms with Crippen molar-refractivity contribution in [2.24, 2.45) is 0 Å². The van der Waals surface area contributed by atoms with E-state index in [2.05, 4.69) is 0 Å². The maximum absolute atomic E-state index is 11.5. The molecule has 0 aliphatic carbocycles. The first-order valence-electron chi connectivity index (χ1n) is 4.50. The molecule has 0 N–H and O–H groups in total. The van der Waals surface area contributed by atoms with E-state index >= 15 is 0 Å². The summed E-state index contributed by atoms with van der Waals surface area (Å²) in [5.41, 5.74) is 1.77. The Morgan fingerprint density at radius 3 is 2.50 bits per heavy atom. The highest BCUT2D eigenvalue weighted by molar-refractivity contribution is 7.92. The maximum Gasteiger partial charge on any atom is 0.234 e. The van der Waals surface area contributed by atoms with E-state index in [0.717, 1.165) is 5.56 Å². The van der Waals surface area contributed by atoms with Crippen molar-refractivity contribution in [2.45, 2.75) is 13.8 Å². The predicted octanol–water partition coefficient (Wildman–Crippen LogP) is 1.78. The van der Waals surface area contributed by atoms with Crippen molar-refractivity contribution in [2.75, 3.05) is 17.1 Å². The van der Waals surface area contributed by atoms with Gasteiger partial charge in [0, 0.05) is 7.05 Å². The number of hydrogen-bond donors (Lipinski definition) is 0. The van der Waals surface area contributed by atoms with Crippen LogP contribution in [0.25, 0.3) is 0 Å². The molecule has 14 heavy (non-hydrogen) atoms. The Bertz CT molecular complexity index is 412. The van der Waals surface area contributed by atoms with Crippen LogP contribution in [-0.2, 0) is 10.0 Å². The smallest absolute Gasteiger partial charge is 0.234 e. The third-order valence-corrected chi connectivity index (χ3v) is 3.92. The van der Waals surface area contributed by atoms with Gasteiger partial charge in [0.2, 0.25) is 10.0 Å². The summed E-state index contributed by atoms with van der Waals surface area (Å²) in [6.45, 7) is 3.58. The normalized spacial score (nSPS) is 11.4. The van der Waals surface area contributed by atoms with E-state index in [1.54, 1.807) is 20.0 Å². The lowest BCUT2D eigenvalue weighted by atomic mass is 10.2. The lowest BCUT2D eigenvalue weighted by Gasteiger charge is -2.18. The molecule has 0 spiro atoms. The number of aryl methyl sites for hydroxylation is 1. The number of rotatable bonds is 3. The highest BCUT2D eigenvalue weighted by Crippen LogP contribution is 2.17. The summed E-state index contributed by atoms with van der Waals surface area (Å²) in [5, 5.41) is 0. The van der Waals surface area contributed by atoms with Gasteiger partial charge < -0.3 is 0 Å². The van der Waals surface area contributed by atoms with Crippen LogP contribution in [0.3, 0.4) is 0 Å². The van der Waals surface area contributed by atoms with Gasteiger partial charge in [0.1, 0.15) is 0 Å². The van der Waals surface area contributed by atoms with E-state index in [-0.39, 0.29) is 5.75 Å². The number of hydrogen-bond acceptors (Lipinski definition) is 2. The molecule has 0 unspecified atom stereocenters. The standard InChI is InChI=1S/C10H15NO2S/c1-4-14(12,13)11(3)10-7-5-6-9(2)8-10/h5-8H,4H2,1-3H3. The van der Waals surface area contributed by atoms with Crippen molar-refractivity contribution in [1.29, 1.82) is 0 Å². The van der Waals surface area contributed by atoms with Gasteiger partial charge in [-0.3, -0.25) is 4.31 Å². The van der Waals surface area contributed by atoms with Crippen molar-refractivity contribution >= 4 is 15.7 Å². The van der Waals surface area contributed by atoms with Crippen LogP contribution in [0.1, 0.15) is 12.5 Å². The third-order valence-electron chi connectivity index (χ3n) is 2.15. The van der Waals surface area contributed by atoms with Crippen molar-refractivity contribution in [3.05, 3.63) is 29.8 Å². The van der Waals surface area contributed by atoms with Crippen LogP contribution >= 0.6 is 0 Å². The zero-order valence-corrected chi connectivity index (χ0v) is 9.50. The number of anilines is 1. The molecule has 0 saturated carbocycles. The molecule has 4 heteroatoms. The Balaban J connectivity index is 3.07. The topological polar surface area (TPSA) is 37.4 Å². The summed E-state index contributed by atoms with van der Waals surface area (Å²) in [5.74, 6) is 0.122. The summed E-state index contributed by atoms with van der Waals surface area (Å²) < 4.78 is 24.4. The Morgan fingerprint density at radius 1 is 1.36 bits per heavy atom. The van der Waals surface area contributed by atoms with Crippen molar-refractivity contribution < 1.29 is 8.42 Å². The summed E-state index contributed by atoms with van der Waals surface area (Å²) in [6, 6.07) is 7.44. The fraction of sp³-hybridized carbons (Fsp3) is 0.400. The van der Waals surface area contributed by atoms with Crippen LogP contribution in [0.15, 0.2) is 24.3 Å². The zero-order chi connectivity index (χ0) is 10.8. The molecule has 78 valence electrons. The van der Waals surface area contributed by atoms with E-state index in [9.17, 15) is 8.42 Å². The van der Waals surface area contributed by atoms with E-state index < -0.39 is 10.0 Å². The fourth-order valence-electron chi connectivity index (χ4n) is 1.18. The molecule has 0 aliphatic rings. The number of benzene rings is 1. The molecule has 3 nitrogen and oxygen atoms in total. The van der Waals surface area contributed by atoms with Gasteiger partial charge >= 0.3 is 0 Å². The quantitative estimate of drug-likeness (QED) is 0.767. The Morgan fingerprint density at radius 2 is 2.00 bits per heavy atom. The van der Waals surface area contributed by atoms with Gasteiger partial charge in [-0.2, -0.15) is 0 Å². The molecule has 1 aromatic rings. The molecule has 0 atom stereocenters. The van der Waals surface area contributed by atoms with E-state index in [0.29, 0.717) is 5.69 Å². The molecule has 1 aromatic carbocycles. The first-order valence-corrected chi connectivity index (χ1v) is 6.11. The summed E-state index contributed by atoms with van der Waals surface area (Å²) in [6.07, 6.45) is 0. The monoisotopic (exact) mass is 213 g/mol. The molecule has 1 rings (SSSR count).